The summed E-state index contributed by atoms with van der Waals surface area (Å²) in [5, 5.41) is 10.1. The lowest BCUT2D eigenvalue weighted by Gasteiger charge is -2.23. The SMILES string of the molecule is C[Si](C)(OCc1ccc(C#N)cc1)c1ccccc1. The van der Waals surface area contributed by atoms with Crippen LogP contribution in [0.2, 0.25) is 13.1 Å². The summed E-state index contributed by atoms with van der Waals surface area (Å²) in [7, 11) is -1.85. The zero-order chi connectivity index (χ0) is 13.7. The predicted octanol–water partition coefficient (Wildman–Crippen LogP) is 3.19. The third-order valence-corrected chi connectivity index (χ3v) is 5.74. The monoisotopic (exact) mass is 267 g/mol. The minimum Gasteiger partial charge on any atom is -0.409 e. The van der Waals surface area contributed by atoms with Crippen LogP contribution in [-0.2, 0) is 11.0 Å². The topological polar surface area (TPSA) is 33.0 Å². The lowest BCUT2D eigenvalue weighted by atomic mass is 10.2. The van der Waals surface area contributed by atoms with Crippen molar-refractivity contribution < 1.29 is 4.43 Å². The van der Waals surface area contributed by atoms with Crippen molar-refractivity contribution in [3.63, 3.8) is 0 Å². The summed E-state index contributed by atoms with van der Waals surface area (Å²) < 4.78 is 6.13. The molecule has 0 heterocycles. The summed E-state index contributed by atoms with van der Waals surface area (Å²) in [6, 6.07) is 20.1. The van der Waals surface area contributed by atoms with Gasteiger partial charge in [-0.05, 0) is 36.0 Å². The fraction of sp³-hybridized carbons (Fsp3) is 0.188. The van der Waals surface area contributed by atoms with Gasteiger partial charge in [-0.25, -0.2) is 0 Å². The molecule has 2 nitrogen and oxygen atoms in total. The molecule has 0 saturated heterocycles. The smallest absolute Gasteiger partial charge is 0.218 e. The molecule has 2 aromatic carbocycles. The Morgan fingerprint density at radius 3 is 2.21 bits per heavy atom. The van der Waals surface area contributed by atoms with Crippen molar-refractivity contribution in [3.05, 3.63) is 65.7 Å². The van der Waals surface area contributed by atoms with E-state index in [9.17, 15) is 0 Å². The fourth-order valence-electron chi connectivity index (χ4n) is 1.86. The molecule has 0 aliphatic carbocycles. The Kier molecular flexibility index (Phi) is 4.15. The Balaban J connectivity index is 2.03. The van der Waals surface area contributed by atoms with Crippen LogP contribution in [0, 0.1) is 11.3 Å². The number of nitriles is 1. The fourth-order valence-corrected chi connectivity index (χ4v) is 3.55. The minimum absolute atomic E-state index is 0.597. The van der Waals surface area contributed by atoms with Crippen molar-refractivity contribution in [2.45, 2.75) is 19.7 Å². The van der Waals surface area contributed by atoms with Crippen molar-refractivity contribution in [2.24, 2.45) is 0 Å². The molecule has 0 saturated carbocycles. The maximum Gasteiger partial charge on any atom is 0.218 e. The average molecular weight is 267 g/mol. The highest BCUT2D eigenvalue weighted by Gasteiger charge is 2.24. The molecule has 0 bridgehead atoms. The first-order valence-electron chi connectivity index (χ1n) is 6.30. The second-order valence-corrected chi connectivity index (χ2v) is 8.86. The molecule has 0 unspecified atom stereocenters. The molecule has 0 aliphatic heterocycles. The van der Waals surface area contributed by atoms with Crippen molar-refractivity contribution in [3.8, 4) is 6.07 Å². The molecule has 0 aromatic heterocycles. The second kappa shape index (κ2) is 5.83. The van der Waals surface area contributed by atoms with Crippen LogP contribution in [0.25, 0.3) is 0 Å². The zero-order valence-corrected chi connectivity index (χ0v) is 12.3. The number of nitrogens with zero attached hydrogens (tertiary/aromatic N) is 1. The van der Waals surface area contributed by atoms with Crippen molar-refractivity contribution >= 4 is 13.5 Å². The molecule has 96 valence electrons. The van der Waals surface area contributed by atoms with E-state index in [2.05, 4.69) is 43.4 Å². The van der Waals surface area contributed by atoms with E-state index in [1.807, 2.05) is 30.3 Å². The van der Waals surface area contributed by atoms with Crippen LogP contribution in [0.3, 0.4) is 0 Å². The Morgan fingerprint density at radius 1 is 1.00 bits per heavy atom. The molecule has 0 radical (unpaired) electrons. The first kappa shape index (κ1) is 13.5. The van der Waals surface area contributed by atoms with Crippen LogP contribution in [0.4, 0.5) is 0 Å². The summed E-state index contributed by atoms with van der Waals surface area (Å²) >= 11 is 0. The van der Waals surface area contributed by atoms with E-state index < -0.39 is 8.32 Å². The summed E-state index contributed by atoms with van der Waals surface area (Å²) in [5.41, 5.74) is 1.79. The van der Waals surface area contributed by atoms with E-state index in [0.29, 0.717) is 12.2 Å². The molecule has 0 N–H and O–H groups in total. The molecule has 2 rings (SSSR count). The van der Waals surface area contributed by atoms with Crippen LogP contribution in [0.15, 0.2) is 54.6 Å². The van der Waals surface area contributed by atoms with E-state index in [-0.39, 0.29) is 0 Å². The minimum atomic E-state index is -1.85. The largest absolute Gasteiger partial charge is 0.409 e. The highest BCUT2D eigenvalue weighted by atomic mass is 28.4. The molecule has 3 heteroatoms. The number of hydrogen-bond donors (Lipinski definition) is 0. The predicted molar refractivity (Wildman–Crippen MR) is 79.5 cm³/mol. The van der Waals surface area contributed by atoms with Crippen molar-refractivity contribution in [1.29, 1.82) is 5.26 Å². The highest BCUT2D eigenvalue weighted by Crippen LogP contribution is 2.11. The van der Waals surface area contributed by atoms with Crippen molar-refractivity contribution in [1.82, 2.24) is 0 Å². The molecule has 0 spiro atoms. The molecule has 0 atom stereocenters. The maximum absolute atomic E-state index is 8.76. The van der Waals surface area contributed by atoms with Crippen LogP contribution in [-0.4, -0.2) is 8.32 Å². The van der Waals surface area contributed by atoms with Gasteiger partial charge < -0.3 is 4.43 Å². The van der Waals surface area contributed by atoms with Crippen LogP contribution in [0.1, 0.15) is 11.1 Å². The van der Waals surface area contributed by atoms with Gasteiger partial charge >= 0.3 is 0 Å². The van der Waals surface area contributed by atoms with Gasteiger partial charge in [-0.15, -0.1) is 0 Å². The van der Waals surface area contributed by atoms with E-state index in [1.54, 1.807) is 0 Å². The van der Waals surface area contributed by atoms with Gasteiger partial charge in [0, 0.05) is 0 Å². The summed E-state index contributed by atoms with van der Waals surface area (Å²) in [4.78, 5) is 0. The van der Waals surface area contributed by atoms with Gasteiger partial charge in [-0.2, -0.15) is 5.26 Å². The first-order valence-corrected chi connectivity index (χ1v) is 9.21. The number of hydrogen-bond acceptors (Lipinski definition) is 2. The highest BCUT2D eigenvalue weighted by molar-refractivity contribution is 6.84. The normalized spacial score (nSPS) is 11.0. The average Bonchev–Trinajstić information content (AvgIpc) is 2.47. The summed E-state index contributed by atoms with van der Waals surface area (Å²) in [5.74, 6) is 0. The lowest BCUT2D eigenvalue weighted by Crippen LogP contribution is -2.44. The molecule has 19 heavy (non-hydrogen) atoms. The summed E-state index contributed by atoms with van der Waals surface area (Å²) in [6.07, 6.45) is 0. The molecule has 2 aromatic rings. The molecular weight excluding hydrogens is 250 g/mol. The van der Waals surface area contributed by atoms with Gasteiger partial charge in [-0.3, -0.25) is 0 Å². The standard InChI is InChI=1S/C16H17NOSi/c1-19(2,16-6-4-3-5-7-16)18-13-15-10-8-14(12-17)9-11-15/h3-11H,13H2,1-2H3. The second-order valence-electron chi connectivity index (χ2n) is 4.97. The maximum atomic E-state index is 8.76. The van der Waals surface area contributed by atoms with Crippen LogP contribution < -0.4 is 5.19 Å². The number of rotatable bonds is 4. The molecule has 0 amide bonds. The van der Waals surface area contributed by atoms with Crippen LogP contribution >= 0.6 is 0 Å². The Bertz CT molecular complexity index is 570. The van der Waals surface area contributed by atoms with E-state index in [0.717, 1.165) is 5.56 Å². The zero-order valence-electron chi connectivity index (χ0n) is 11.3. The van der Waals surface area contributed by atoms with E-state index in [4.69, 9.17) is 9.69 Å². The van der Waals surface area contributed by atoms with E-state index in [1.165, 1.54) is 5.19 Å². The van der Waals surface area contributed by atoms with E-state index >= 15 is 0 Å². The van der Waals surface area contributed by atoms with Gasteiger partial charge in [0.15, 0.2) is 0 Å². The third-order valence-electron chi connectivity index (χ3n) is 3.15. The lowest BCUT2D eigenvalue weighted by molar-refractivity contribution is 0.304. The van der Waals surface area contributed by atoms with Gasteiger partial charge in [0.05, 0.1) is 18.2 Å². The van der Waals surface area contributed by atoms with Crippen LogP contribution in [0.5, 0.6) is 0 Å². The third kappa shape index (κ3) is 3.54. The van der Waals surface area contributed by atoms with Gasteiger partial charge in [0.1, 0.15) is 0 Å². The Hall–Kier alpha value is -1.89. The quantitative estimate of drug-likeness (QED) is 0.797. The van der Waals surface area contributed by atoms with Gasteiger partial charge in [0.2, 0.25) is 8.32 Å². The Labute approximate surface area is 115 Å². The van der Waals surface area contributed by atoms with Crippen molar-refractivity contribution in [2.75, 3.05) is 0 Å². The van der Waals surface area contributed by atoms with Gasteiger partial charge in [0.25, 0.3) is 0 Å². The Morgan fingerprint density at radius 2 is 1.63 bits per heavy atom. The molecule has 0 aliphatic rings. The first-order chi connectivity index (χ1) is 9.12. The van der Waals surface area contributed by atoms with Gasteiger partial charge in [-0.1, -0.05) is 42.5 Å². The molecule has 0 fully saturated rings. The molecular formula is C16H17NOSi. The summed E-state index contributed by atoms with van der Waals surface area (Å²) in [6.45, 7) is 5.00. The number of benzene rings is 2.